The molecule has 0 unspecified atom stereocenters. The molecule has 0 aromatic carbocycles. The number of anilines is 1. The summed E-state index contributed by atoms with van der Waals surface area (Å²) in [4.78, 5) is 4.26. The van der Waals surface area contributed by atoms with Crippen molar-refractivity contribution in [2.45, 2.75) is 26.4 Å². The van der Waals surface area contributed by atoms with Gasteiger partial charge in [-0.15, -0.1) is 6.58 Å². The Kier molecular flexibility index (Phi) is 6.87. The van der Waals surface area contributed by atoms with Gasteiger partial charge >= 0.3 is 0 Å². The van der Waals surface area contributed by atoms with Crippen molar-refractivity contribution in [2.75, 3.05) is 25.1 Å². The van der Waals surface area contributed by atoms with Crippen molar-refractivity contribution in [3.8, 4) is 5.75 Å². The second-order valence-electron chi connectivity index (χ2n) is 4.13. The lowest BCUT2D eigenvalue weighted by Gasteiger charge is -2.14. The fourth-order valence-corrected chi connectivity index (χ4v) is 1.38. The first-order chi connectivity index (χ1) is 8.74. The van der Waals surface area contributed by atoms with E-state index in [0.717, 1.165) is 18.0 Å². The van der Waals surface area contributed by atoms with E-state index in [2.05, 4.69) is 16.9 Å². The number of ether oxygens (including phenoxy) is 2. The highest BCUT2D eigenvalue weighted by Gasteiger charge is 2.05. The fourth-order valence-electron chi connectivity index (χ4n) is 1.38. The minimum atomic E-state index is 0.138. The van der Waals surface area contributed by atoms with Crippen LogP contribution in [0.4, 0.5) is 5.82 Å². The van der Waals surface area contributed by atoms with Gasteiger partial charge < -0.3 is 14.8 Å². The Hall–Kier alpha value is -1.55. The maximum atomic E-state index is 5.66. The van der Waals surface area contributed by atoms with Crippen LogP contribution in [-0.2, 0) is 4.74 Å². The standard InChI is InChI=1S/C14H22N2O2/c1-4-5-10-17-11-9-16-14-13(18-12(2)3)7-6-8-15-14/h4,6-8,12H,1,5,9-11H2,2-3H3,(H,15,16). The molecule has 0 bridgehead atoms. The highest BCUT2D eigenvalue weighted by Crippen LogP contribution is 2.21. The van der Waals surface area contributed by atoms with E-state index in [1.807, 2.05) is 32.1 Å². The lowest BCUT2D eigenvalue weighted by molar-refractivity contribution is 0.148. The topological polar surface area (TPSA) is 43.4 Å². The Labute approximate surface area is 109 Å². The maximum Gasteiger partial charge on any atom is 0.168 e. The van der Waals surface area contributed by atoms with Crippen LogP contribution >= 0.6 is 0 Å². The van der Waals surface area contributed by atoms with Crippen molar-refractivity contribution in [2.24, 2.45) is 0 Å². The number of nitrogens with one attached hydrogen (secondary N) is 1. The summed E-state index contributed by atoms with van der Waals surface area (Å²) >= 11 is 0. The molecule has 0 atom stereocenters. The molecule has 0 aliphatic heterocycles. The number of pyridine rings is 1. The third-order valence-electron chi connectivity index (χ3n) is 2.14. The zero-order valence-electron chi connectivity index (χ0n) is 11.2. The smallest absolute Gasteiger partial charge is 0.168 e. The van der Waals surface area contributed by atoms with Gasteiger partial charge in [0, 0.05) is 12.7 Å². The normalized spacial score (nSPS) is 10.4. The largest absolute Gasteiger partial charge is 0.487 e. The zero-order valence-corrected chi connectivity index (χ0v) is 11.2. The second kappa shape index (κ2) is 8.53. The van der Waals surface area contributed by atoms with Gasteiger partial charge in [-0.2, -0.15) is 0 Å². The van der Waals surface area contributed by atoms with Gasteiger partial charge in [-0.1, -0.05) is 6.08 Å². The van der Waals surface area contributed by atoms with Gasteiger partial charge in [0.15, 0.2) is 11.6 Å². The van der Waals surface area contributed by atoms with E-state index < -0.39 is 0 Å². The Morgan fingerprint density at radius 2 is 2.28 bits per heavy atom. The molecule has 1 rings (SSSR count). The average Bonchev–Trinajstić information content (AvgIpc) is 2.35. The van der Waals surface area contributed by atoms with E-state index in [0.29, 0.717) is 19.8 Å². The van der Waals surface area contributed by atoms with Crippen LogP contribution in [-0.4, -0.2) is 30.8 Å². The third-order valence-corrected chi connectivity index (χ3v) is 2.14. The van der Waals surface area contributed by atoms with Crippen LogP contribution in [0.1, 0.15) is 20.3 Å². The molecule has 0 saturated carbocycles. The molecule has 0 amide bonds. The number of hydrogen-bond donors (Lipinski definition) is 1. The van der Waals surface area contributed by atoms with Crippen LogP contribution in [0.15, 0.2) is 31.0 Å². The van der Waals surface area contributed by atoms with Crippen LogP contribution in [0.3, 0.4) is 0 Å². The molecule has 1 N–H and O–H groups in total. The van der Waals surface area contributed by atoms with Gasteiger partial charge in [0.1, 0.15) is 0 Å². The molecule has 1 heterocycles. The monoisotopic (exact) mass is 250 g/mol. The predicted octanol–water partition coefficient (Wildman–Crippen LogP) is 2.87. The number of rotatable bonds is 9. The summed E-state index contributed by atoms with van der Waals surface area (Å²) in [7, 11) is 0. The Morgan fingerprint density at radius 3 is 3.00 bits per heavy atom. The van der Waals surface area contributed by atoms with Crippen molar-refractivity contribution >= 4 is 5.82 Å². The molecular formula is C14H22N2O2. The van der Waals surface area contributed by atoms with Gasteiger partial charge in [0.25, 0.3) is 0 Å². The summed E-state index contributed by atoms with van der Waals surface area (Å²) in [5.41, 5.74) is 0. The van der Waals surface area contributed by atoms with Crippen LogP contribution in [0.25, 0.3) is 0 Å². The van der Waals surface area contributed by atoms with Crippen LogP contribution < -0.4 is 10.1 Å². The number of nitrogens with zero attached hydrogens (tertiary/aromatic N) is 1. The van der Waals surface area contributed by atoms with Crippen molar-refractivity contribution in [3.63, 3.8) is 0 Å². The van der Waals surface area contributed by atoms with Gasteiger partial charge in [-0.25, -0.2) is 4.98 Å². The predicted molar refractivity (Wildman–Crippen MR) is 74.1 cm³/mol. The first-order valence-electron chi connectivity index (χ1n) is 6.28. The first kappa shape index (κ1) is 14.5. The van der Waals surface area contributed by atoms with E-state index in [9.17, 15) is 0 Å². The van der Waals surface area contributed by atoms with E-state index in [-0.39, 0.29) is 6.10 Å². The Morgan fingerprint density at radius 1 is 1.44 bits per heavy atom. The van der Waals surface area contributed by atoms with Gasteiger partial charge in [0.2, 0.25) is 0 Å². The summed E-state index contributed by atoms with van der Waals surface area (Å²) in [5, 5.41) is 3.21. The molecule has 4 heteroatoms. The average molecular weight is 250 g/mol. The quantitative estimate of drug-likeness (QED) is 0.540. The molecule has 0 aliphatic carbocycles. The molecule has 1 aromatic heterocycles. The molecule has 0 fully saturated rings. The van der Waals surface area contributed by atoms with E-state index in [1.165, 1.54) is 0 Å². The lowest BCUT2D eigenvalue weighted by atomic mass is 10.4. The third kappa shape index (κ3) is 5.68. The minimum Gasteiger partial charge on any atom is -0.487 e. The Bertz CT molecular complexity index is 353. The van der Waals surface area contributed by atoms with Crippen LogP contribution in [0.5, 0.6) is 5.75 Å². The van der Waals surface area contributed by atoms with E-state index in [4.69, 9.17) is 9.47 Å². The molecular weight excluding hydrogens is 228 g/mol. The maximum absolute atomic E-state index is 5.66. The molecule has 100 valence electrons. The van der Waals surface area contributed by atoms with Crippen molar-refractivity contribution < 1.29 is 9.47 Å². The summed E-state index contributed by atoms with van der Waals surface area (Å²) in [5.74, 6) is 1.54. The summed E-state index contributed by atoms with van der Waals surface area (Å²) < 4.78 is 11.1. The fraction of sp³-hybridized carbons (Fsp3) is 0.500. The van der Waals surface area contributed by atoms with Crippen LogP contribution in [0, 0.1) is 0 Å². The number of aromatic nitrogens is 1. The van der Waals surface area contributed by atoms with Crippen LogP contribution in [0.2, 0.25) is 0 Å². The summed E-state index contributed by atoms with van der Waals surface area (Å²) in [6.07, 6.45) is 4.61. The van der Waals surface area contributed by atoms with E-state index >= 15 is 0 Å². The van der Waals surface area contributed by atoms with Gasteiger partial charge in [-0.3, -0.25) is 0 Å². The molecule has 4 nitrogen and oxygen atoms in total. The highest BCUT2D eigenvalue weighted by atomic mass is 16.5. The van der Waals surface area contributed by atoms with Crippen molar-refractivity contribution in [1.29, 1.82) is 0 Å². The van der Waals surface area contributed by atoms with Gasteiger partial charge in [0.05, 0.1) is 19.3 Å². The van der Waals surface area contributed by atoms with Gasteiger partial charge in [-0.05, 0) is 32.4 Å². The van der Waals surface area contributed by atoms with Crippen molar-refractivity contribution in [3.05, 3.63) is 31.0 Å². The SMILES string of the molecule is C=CCCOCCNc1ncccc1OC(C)C. The molecule has 0 aliphatic rings. The summed E-state index contributed by atoms with van der Waals surface area (Å²) in [6.45, 7) is 9.70. The van der Waals surface area contributed by atoms with E-state index in [1.54, 1.807) is 6.20 Å². The lowest BCUT2D eigenvalue weighted by Crippen LogP contribution is -2.13. The molecule has 0 radical (unpaired) electrons. The second-order valence-corrected chi connectivity index (χ2v) is 4.13. The molecule has 1 aromatic rings. The Balaban J connectivity index is 2.34. The first-order valence-corrected chi connectivity index (χ1v) is 6.28. The highest BCUT2D eigenvalue weighted by molar-refractivity contribution is 5.49. The molecule has 18 heavy (non-hydrogen) atoms. The molecule has 0 spiro atoms. The number of hydrogen-bond acceptors (Lipinski definition) is 4. The van der Waals surface area contributed by atoms with Crippen molar-refractivity contribution in [1.82, 2.24) is 4.98 Å². The summed E-state index contributed by atoms with van der Waals surface area (Å²) in [6, 6.07) is 3.78. The zero-order chi connectivity index (χ0) is 13.2. The molecule has 0 saturated heterocycles. The minimum absolute atomic E-state index is 0.138.